The molecule has 1 amide bonds. The lowest BCUT2D eigenvalue weighted by atomic mass is 9.95. The van der Waals surface area contributed by atoms with E-state index >= 15 is 0 Å². The van der Waals surface area contributed by atoms with Crippen molar-refractivity contribution in [3.05, 3.63) is 95.1 Å². The van der Waals surface area contributed by atoms with Gasteiger partial charge in [0, 0.05) is 11.3 Å². The molecule has 3 aromatic carbocycles. The maximum atomic E-state index is 13.4. The van der Waals surface area contributed by atoms with Crippen LogP contribution in [0.1, 0.15) is 29.7 Å². The number of alkyl halides is 3. The molecule has 4 rings (SSSR count). The molecule has 36 heavy (non-hydrogen) atoms. The number of nitrogens with zero attached hydrogens (tertiary/aromatic N) is 1. The monoisotopic (exact) mass is 497 g/mol. The zero-order valence-corrected chi connectivity index (χ0v) is 19.4. The van der Waals surface area contributed by atoms with Gasteiger partial charge in [0.05, 0.1) is 30.9 Å². The Morgan fingerprint density at radius 1 is 0.972 bits per heavy atom. The number of Topliss-reactive ketones (excluding diaryl/α,β-unsaturated/α-hetero) is 1. The number of aliphatic hydroxyl groups excluding tert-OH is 1. The molecule has 0 radical (unpaired) electrons. The second-order valence-electron chi connectivity index (χ2n) is 7.95. The van der Waals surface area contributed by atoms with Crippen LogP contribution < -0.4 is 14.4 Å². The SMILES string of the molecule is CCOc1ccc(/C(O)=C2\C(=O)C(=O)N(c3cccc(C(F)(F)F)c3)C2c2ccc(OC)cc2)cc1. The van der Waals surface area contributed by atoms with Gasteiger partial charge >= 0.3 is 6.18 Å². The molecule has 0 spiro atoms. The maximum absolute atomic E-state index is 13.4. The van der Waals surface area contributed by atoms with Crippen molar-refractivity contribution in [1.82, 2.24) is 0 Å². The van der Waals surface area contributed by atoms with Gasteiger partial charge in [0.1, 0.15) is 17.3 Å². The molecular weight excluding hydrogens is 475 g/mol. The van der Waals surface area contributed by atoms with Gasteiger partial charge in [-0.3, -0.25) is 14.5 Å². The van der Waals surface area contributed by atoms with Crippen LogP contribution in [0.5, 0.6) is 11.5 Å². The Balaban J connectivity index is 1.89. The lowest BCUT2D eigenvalue weighted by Gasteiger charge is -2.26. The standard InChI is InChI=1S/C27H22F3NO5/c1-3-36-21-13-9-17(10-14-21)24(32)22-23(16-7-11-20(35-2)12-8-16)31(26(34)25(22)33)19-6-4-5-18(15-19)27(28,29)30/h4-15,23,32H,3H2,1-2H3/b24-22+. The van der Waals surface area contributed by atoms with E-state index in [2.05, 4.69) is 0 Å². The zero-order chi connectivity index (χ0) is 26.0. The molecule has 186 valence electrons. The number of benzene rings is 3. The van der Waals surface area contributed by atoms with Gasteiger partial charge in [-0.05, 0) is 67.1 Å². The average Bonchev–Trinajstić information content (AvgIpc) is 3.14. The Bertz CT molecular complexity index is 1310. The molecule has 0 aliphatic carbocycles. The van der Waals surface area contributed by atoms with Crippen molar-refractivity contribution >= 4 is 23.1 Å². The molecule has 1 aliphatic rings. The molecule has 1 aliphatic heterocycles. The highest BCUT2D eigenvalue weighted by molar-refractivity contribution is 6.51. The van der Waals surface area contributed by atoms with Gasteiger partial charge in [0.15, 0.2) is 0 Å². The fraction of sp³-hybridized carbons (Fsp3) is 0.185. The largest absolute Gasteiger partial charge is 0.507 e. The highest BCUT2D eigenvalue weighted by Gasteiger charge is 2.47. The van der Waals surface area contributed by atoms with Gasteiger partial charge in [-0.15, -0.1) is 0 Å². The van der Waals surface area contributed by atoms with Gasteiger partial charge < -0.3 is 14.6 Å². The van der Waals surface area contributed by atoms with Crippen LogP contribution in [0, 0.1) is 0 Å². The summed E-state index contributed by atoms with van der Waals surface area (Å²) in [5.74, 6) is -1.47. The van der Waals surface area contributed by atoms with Crippen LogP contribution in [0.15, 0.2) is 78.4 Å². The minimum absolute atomic E-state index is 0.126. The van der Waals surface area contributed by atoms with Crippen LogP contribution in [0.25, 0.3) is 5.76 Å². The highest BCUT2D eigenvalue weighted by Crippen LogP contribution is 2.43. The zero-order valence-electron chi connectivity index (χ0n) is 19.4. The summed E-state index contributed by atoms with van der Waals surface area (Å²) in [5, 5.41) is 11.1. The van der Waals surface area contributed by atoms with Crippen LogP contribution in [0.4, 0.5) is 18.9 Å². The number of halogens is 3. The first kappa shape index (κ1) is 24.8. The fourth-order valence-electron chi connectivity index (χ4n) is 4.06. The van der Waals surface area contributed by atoms with E-state index in [-0.39, 0.29) is 16.8 Å². The Kier molecular flexibility index (Phi) is 6.74. The van der Waals surface area contributed by atoms with E-state index in [1.165, 1.54) is 25.3 Å². The Labute approximate surface area is 205 Å². The minimum atomic E-state index is -4.65. The van der Waals surface area contributed by atoms with E-state index in [0.29, 0.717) is 23.7 Å². The molecule has 6 nitrogen and oxygen atoms in total. The number of rotatable bonds is 6. The quantitative estimate of drug-likeness (QED) is 0.267. The molecule has 1 fully saturated rings. The predicted molar refractivity (Wildman–Crippen MR) is 127 cm³/mol. The third kappa shape index (κ3) is 4.64. The topological polar surface area (TPSA) is 76.1 Å². The first-order valence-corrected chi connectivity index (χ1v) is 11.0. The van der Waals surface area contributed by atoms with Crippen molar-refractivity contribution in [1.29, 1.82) is 0 Å². The van der Waals surface area contributed by atoms with E-state index in [4.69, 9.17) is 9.47 Å². The first-order valence-electron chi connectivity index (χ1n) is 11.0. The first-order chi connectivity index (χ1) is 17.2. The van der Waals surface area contributed by atoms with Gasteiger partial charge in [-0.2, -0.15) is 13.2 Å². The highest BCUT2D eigenvalue weighted by atomic mass is 19.4. The van der Waals surface area contributed by atoms with Crippen LogP contribution >= 0.6 is 0 Å². The van der Waals surface area contributed by atoms with Crippen LogP contribution in [0.2, 0.25) is 0 Å². The summed E-state index contributed by atoms with van der Waals surface area (Å²) in [6.45, 7) is 2.25. The van der Waals surface area contributed by atoms with Crippen molar-refractivity contribution in [2.24, 2.45) is 0 Å². The Morgan fingerprint density at radius 2 is 1.61 bits per heavy atom. The lowest BCUT2D eigenvalue weighted by molar-refractivity contribution is -0.137. The number of amides is 1. The normalized spacial score (nSPS) is 17.4. The Morgan fingerprint density at radius 3 is 2.19 bits per heavy atom. The number of carbonyl (C=O) groups is 2. The van der Waals surface area contributed by atoms with Crippen LogP contribution in [0.3, 0.4) is 0 Å². The fourth-order valence-corrected chi connectivity index (χ4v) is 4.06. The van der Waals surface area contributed by atoms with Gasteiger partial charge in [0.2, 0.25) is 0 Å². The second-order valence-corrected chi connectivity index (χ2v) is 7.95. The van der Waals surface area contributed by atoms with Gasteiger partial charge in [0.25, 0.3) is 11.7 Å². The van der Waals surface area contributed by atoms with Crippen molar-refractivity contribution < 1.29 is 37.3 Å². The summed E-state index contributed by atoms with van der Waals surface area (Å²) in [4.78, 5) is 27.3. The molecule has 1 saturated heterocycles. The lowest BCUT2D eigenvalue weighted by Crippen LogP contribution is -2.29. The van der Waals surface area contributed by atoms with Gasteiger partial charge in [-0.1, -0.05) is 18.2 Å². The average molecular weight is 497 g/mol. The Hall–Kier alpha value is -4.27. The number of ketones is 1. The van der Waals surface area contributed by atoms with Crippen molar-refractivity contribution in [3.63, 3.8) is 0 Å². The number of anilines is 1. The summed E-state index contributed by atoms with van der Waals surface area (Å²) in [5.41, 5.74) is -0.689. The third-order valence-corrected chi connectivity index (χ3v) is 5.77. The molecule has 1 unspecified atom stereocenters. The predicted octanol–water partition coefficient (Wildman–Crippen LogP) is 5.74. The number of aliphatic hydroxyl groups is 1. The molecule has 0 aromatic heterocycles. The summed E-state index contributed by atoms with van der Waals surface area (Å²) in [6.07, 6.45) is -4.65. The summed E-state index contributed by atoms with van der Waals surface area (Å²) >= 11 is 0. The molecule has 3 aromatic rings. The number of methoxy groups -OCH3 is 1. The molecule has 0 bridgehead atoms. The van der Waals surface area contributed by atoms with E-state index in [9.17, 15) is 27.9 Å². The molecule has 0 saturated carbocycles. The third-order valence-electron chi connectivity index (χ3n) is 5.77. The van der Waals surface area contributed by atoms with Crippen LogP contribution in [-0.4, -0.2) is 30.5 Å². The molecule has 9 heteroatoms. The summed E-state index contributed by atoms with van der Waals surface area (Å²) < 4.78 is 50.8. The van der Waals surface area contributed by atoms with Crippen LogP contribution in [-0.2, 0) is 15.8 Å². The van der Waals surface area contributed by atoms with Crippen molar-refractivity contribution in [2.45, 2.75) is 19.1 Å². The number of hydrogen-bond acceptors (Lipinski definition) is 5. The van der Waals surface area contributed by atoms with E-state index < -0.39 is 35.2 Å². The van der Waals surface area contributed by atoms with Crippen molar-refractivity contribution in [2.75, 3.05) is 18.6 Å². The summed E-state index contributed by atoms with van der Waals surface area (Å²) in [6, 6.07) is 15.6. The second kappa shape index (κ2) is 9.77. The molecule has 1 N–H and O–H groups in total. The molecular formula is C27H22F3NO5. The van der Waals surface area contributed by atoms with Crippen molar-refractivity contribution in [3.8, 4) is 11.5 Å². The minimum Gasteiger partial charge on any atom is -0.507 e. The summed E-state index contributed by atoms with van der Waals surface area (Å²) in [7, 11) is 1.47. The van der Waals surface area contributed by atoms with E-state index in [0.717, 1.165) is 23.1 Å². The number of carbonyl (C=O) groups excluding carboxylic acids is 2. The van der Waals surface area contributed by atoms with E-state index in [1.807, 2.05) is 6.92 Å². The number of hydrogen-bond donors (Lipinski definition) is 1. The number of ether oxygens (including phenoxy) is 2. The van der Waals surface area contributed by atoms with E-state index in [1.54, 1.807) is 36.4 Å². The van der Waals surface area contributed by atoms with Gasteiger partial charge in [-0.25, -0.2) is 0 Å². The molecule has 1 atom stereocenters. The maximum Gasteiger partial charge on any atom is 0.416 e. The smallest absolute Gasteiger partial charge is 0.416 e. The molecule has 1 heterocycles.